The average molecular weight is 306 g/mol. The normalized spacial score (nSPS) is 19.0. The van der Waals surface area contributed by atoms with Crippen LogP contribution >= 0.6 is 11.3 Å². The quantitative estimate of drug-likeness (QED) is 0.813. The first-order chi connectivity index (χ1) is 9.95. The van der Waals surface area contributed by atoms with Gasteiger partial charge in [0.1, 0.15) is 18.4 Å². The predicted molar refractivity (Wildman–Crippen MR) is 75.4 cm³/mol. The van der Waals surface area contributed by atoms with Crippen molar-refractivity contribution in [3.63, 3.8) is 0 Å². The number of hydrogen-bond donors (Lipinski definition) is 1. The smallest absolute Gasteiger partial charge is 0.265 e. The predicted octanol–water partition coefficient (Wildman–Crippen LogP) is 1.53. The van der Waals surface area contributed by atoms with Gasteiger partial charge in [-0.1, -0.05) is 0 Å². The van der Waals surface area contributed by atoms with Gasteiger partial charge in [-0.05, 0) is 36.6 Å². The number of nitrogens with zero attached hydrogens (tertiary/aromatic N) is 1. The molecule has 0 bridgehead atoms. The summed E-state index contributed by atoms with van der Waals surface area (Å²) in [6, 6.07) is 5.14. The molecule has 1 atom stereocenters. The third-order valence-electron chi connectivity index (χ3n) is 3.37. The number of benzene rings is 1. The topological polar surface area (TPSA) is 66.5 Å². The molecule has 1 aromatic carbocycles. The number of hydrogen-bond acceptors (Lipinski definition) is 4. The van der Waals surface area contributed by atoms with E-state index in [2.05, 4.69) is 5.32 Å². The summed E-state index contributed by atoms with van der Waals surface area (Å²) in [5.74, 6) is -1.77. The lowest BCUT2D eigenvalue weighted by Gasteiger charge is -2.31. The summed E-state index contributed by atoms with van der Waals surface area (Å²) in [5, 5.41) is 2.81. The third-order valence-corrected chi connectivity index (χ3v) is 4.48. The number of imide groups is 1. The number of rotatable bonds is 1. The average Bonchev–Trinajstić information content (AvgIpc) is 2.85. The minimum atomic E-state index is -0.711. The molecule has 1 fully saturated rings. The van der Waals surface area contributed by atoms with Crippen LogP contribution in [0.15, 0.2) is 24.3 Å². The van der Waals surface area contributed by atoms with E-state index in [1.54, 1.807) is 19.1 Å². The largest absolute Gasteiger partial charge is 0.317 e. The van der Waals surface area contributed by atoms with Crippen LogP contribution in [0.5, 0.6) is 0 Å². The Kier molecular flexibility index (Phi) is 3.21. The summed E-state index contributed by atoms with van der Waals surface area (Å²) in [7, 11) is 0. The number of nitrogens with one attached hydrogen (secondary N) is 1. The van der Waals surface area contributed by atoms with Crippen LogP contribution in [-0.4, -0.2) is 35.2 Å². The van der Waals surface area contributed by atoms with E-state index in [0.29, 0.717) is 10.3 Å². The third kappa shape index (κ3) is 2.40. The van der Waals surface area contributed by atoms with Gasteiger partial charge in [0.05, 0.1) is 4.88 Å². The van der Waals surface area contributed by atoms with Crippen LogP contribution in [0, 0.1) is 5.82 Å². The van der Waals surface area contributed by atoms with Crippen molar-refractivity contribution in [1.29, 1.82) is 0 Å². The van der Waals surface area contributed by atoms with E-state index in [1.165, 1.54) is 28.4 Å². The number of halogens is 1. The summed E-state index contributed by atoms with van der Waals surface area (Å²) in [5.41, 5.74) is 0. The number of carbonyl (C=O) groups excluding carboxylic acids is 3. The highest BCUT2D eigenvalue weighted by Crippen LogP contribution is 2.28. The first kappa shape index (κ1) is 13.7. The number of carbonyl (C=O) groups is 3. The second-order valence-electron chi connectivity index (χ2n) is 4.81. The lowest BCUT2D eigenvalue weighted by atomic mass is 10.2. The second-order valence-corrected chi connectivity index (χ2v) is 5.90. The first-order valence-electron chi connectivity index (χ1n) is 6.29. The van der Waals surface area contributed by atoms with Gasteiger partial charge in [-0.3, -0.25) is 19.7 Å². The molecule has 0 aliphatic carbocycles. The van der Waals surface area contributed by atoms with Crippen molar-refractivity contribution in [2.24, 2.45) is 0 Å². The number of fused-ring (bicyclic) bond motifs is 1. The molecule has 0 saturated carbocycles. The molecule has 0 radical (unpaired) electrons. The molecule has 1 aliphatic heterocycles. The fourth-order valence-electron chi connectivity index (χ4n) is 2.22. The SMILES string of the molecule is CC1C(=O)NC(=O)CN1C(=O)c1cc2cc(F)ccc2s1. The van der Waals surface area contributed by atoms with Gasteiger partial charge >= 0.3 is 0 Å². The monoisotopic (exact) mass is 306 g/mol. The van der Waals surface area contributed by atoms with E-state index < -0.39 is 23.8 Å². The number of thiophene rings is 1. The fraction of sp³-hybridized carbons (Fsp3) is 0.214. The van der Waals surface area contributed by atoms with Crippen molar-refractivity contribution >= 4 is 39.1 Å². The maximum atomic E-state index is 13.2. The van der Waals surface area contributed by atoms with Crippen molar-refractivity contribution in [3.8, 4) is 0 Å². The highest BCUT2D eigenvalue weighted by molar-refractivity contribution is 7.20. The molecule has 3 amide bonds. The van der Waals surface area contributed by atoms with Crippen molar-refractivity contribution in [1.82, 2.24) is 10.2 Å². The summed E-state index contributed by atoms with van der Waals surface area (Å²) in [6.07, 6.45) is 0. The van der Waals surface area contributed by atoms with E-state index in [0.717, 1.165) is 4.70 Å². The number of piperazine rings is 1. The molecule has 3 rings (SSSR count). The Balaban J connectivity index is 1.95. The van der Waals surface area contributed by atoms with Crippen LogP contribution in [0.25, 0.3) is 10.1 Å². The Bertz CT molecular complexity index is 771. The molecule has 1 saturated heterocycles. The Morgan fingerprint density at radius 3 is 2.90 bits per heavy atom. The molecule has 1 unspecified atom stereocenters. The van der Waals surface area contributed by atoms with E-state index >= 15 is 0 Å². The van der Waals surface area contributed by atoms with Crippen molar-refractivity contribution < 1.29 is 18.8 Å². The molecule has 0 spiro atoms. The molecule has 1 N–H and O–H groups in total. The van der Waals surface area contributed by atoms with Crippen LogP contribution in [0.1, 0.15) is 16.6 Å². The molecular formula is C14H11FN2O3S. The fourth-order valence-corrected chi connectivity index (χ4v) is 3.22. The van der Waals surface area contributed by atoms with Crippen LogP contribution in [0.4, 0.5) is 4.39 Å². The van der Waals surface area contributed by atoms with Gasteiger partial charge in [0.2, 0.25) is 11.8 Å². The first-order valence-corrected chi connectivity index (χ1v) is 7.11. The summed E-state index contributed by atoms with van der Waals surface area (Å²) >= 11 is 1.21. The standard InChI is InChI=1S/C14H11FN2O3S/c1-7-13(19)16-12(18)6-17(7)14(20)11-5-8-4-9(15)2-3-10(8)21-11/h2-5,7H,6H2,1H3,(H,16,18,19). The van der Waals surface area contributed by atoms with Gasteiger partial charge in [0, 0.05) is 4.70 Å². The molecule has 21 heavy (non-hydrogen) atoms. The lowest BCUT2D eigenvalue weighted by molar-refractivity contribution is -0.138. The maximum Gasteiger partial charge on any atom is 0.265 e. The van der Waals surface area contributed by atoms with E-state index in [-0.39, 0.29) is 12.4 Å². The zero-order valence-corrected chi connectivity index (χ0v) is 11.9. The Morgan fingerprint density at radius 1 is 1.38 bits per heavy atom. The van der Waals surface area contributed by atoms with E-state index in [1.807, 2.05) is 0 Å². The molecule has 7 heteroatoms. The minimum absolute atomic E-state index is 0.158. The highest BCUT2D eigenvalue weighted by Gasteiger charge is 2.34. The Labute approximate surface area is 123 Å². The van der Waals surface area contributed by atoms with Crippen LogP contribution in [-0.2, 0) is 9.59 Å². The summed E-state index contributed by atoms with van der Waals surface area (Å²) < 4.78 is 14.0. The van der Waals surface area contributed by atoms with E-state index in [4.69, 9.17) is 0 Å². The molecule has 1 aliphatic rings. The molecule has 2 aromatic rings. The van der Waals surface area contributed by atoms with Crippen molar-refractivity contribution in [2.75, 3.05) is 6.54 Å². The van der Waals surface area contributed by atoms with Crippen LogP contribution < -0.4 is 5.32 Å². The maximum absolute atomic E-state index is 13.2. The molecular weight excluding hydrogens is 295 g/mol. The van der Waals surface area contributed by atoms with Gasteiger partial charge in [-0.15, -0.1) is 11.3 Å². The van der Waals surface area contributed by atoms with Crippen molar-refractivity contribution in [3.05, 3.63) is 35.0 Å². The second kappa shape index (κ2) is 4.92. The zero-order valence-electron chi connectivity index (χ0n) is 11.1. The lowest BCUT2D eigenvalue weighted by Crippen LogP contribution is -2.58. The summed E-state index contributed by atoms with van der Waals surface area (Å²) in [6.45, 7) is 1.40. The van der Waals surface area contributed by atoms with Gasteiger partial charge in [-0.25, -0.2) is 4.39 Å². The van der Waals surface area contributed by atoms with Gasteiger partial charge < -0.3 is 4.90 Å². The van der Waals surface area contributed by atoms with Gasteiger partial charge in [0.25, 0.3) is 5.91 Å². The Hall–Kier alpha value is -2.28. The molecule has 108 valence electrons. The molecule has 5 nitrogen and oxygen atoms in total. The minimum Gasteiger partial charge on any atom is -0.317 e. The Morgan fingerprint density at radius 2 is 2.14 bits per heavy atom. The highest BCUT2D eigenvalue weighted by atomic mass is 32.1. The van der Waals surface area contributed by atoms with Crippen LogP contribution in [0.3, 0.4) is 0 Å². The van der Waals surface area contributed by atoms with Gasteiger partial charge in [0.15, 0.2) is 0 Å². The van der Waals surface area contributed by atoms with E-state index in [9.17, 15) is 18.8 Å². The number of amides is 3. The molecule has 2 heterocycles. The summed E-state index contributed by atoms with van der Waals surface area (Å²) in [4.78, 5) is 37.1. The van der Waals surface area contributed by atoms with Crippen molar-refractivity contribution in [2.45, 2.75) is 13.0 Å². The van der Waals surface area contributed by atoms with Crippen LogP contribution in [0.2, 0.25) is 0 Å². The molecule has 1 aromatic heterocycles. The van der Waals surface area contributed by atoms with Gasteiger partial charge in [-0.2, -0.15) is 0 Å². The zero-order chi connectivity index (χ0) is 15.1.